The number of rotatable bonds is 7. The number of hydrogen-bond acceptors (Lipinski definition) is 6. The van der Waals surface area contributed by atoms with Gasteiger partial charge in [-0.15, -0.1) is 0 Å². The lowest BCUT2D eigenvalue weighted by atomic mass is 10.0. The Morgan fingerprint density at radius 2 is 1.68 bits per heavy atom. The van der Waals surface area contributed by atoms with Gasteiger partial charge in [-0.1, -0.05) is 36.4 Å². The summed E-state index contributed by atoms with van der Waals surface area (Å²) in [5, 5.41) is 0. The van der Waals surface area contributed by atoms with Gasteiger partial charge in [0.15, 0.2) is 0 Å². The second kappa shape index (κ2) is 8.77. The summed E-state index contributed by atoms with van der Waals surface area (Å²) in [6.45, 7) is 0.856. The Morgan fingerprint density at radius 3 is 2.39 bits per heavy atom. The third-order valence-electron chi connectivity index (χ3n) is 5.80. The Labute approximate surface area is 180 Å². The number of benzene rings is 2. The molecule has 8 nitrogen and oxygen atoms in total. The molecule has 4 amide bonds. The van der Waals surface area contributed by atoms with Crippen LogP contribution in [0.2, 0.25) is 0 Å². The van der Waals surface area contributed by atoms with E-state index in [1.807, 2.05) is 53.4 Å². The van der Waals surface area contributed by atoms with E-state index in [1.165, 1.54) is 0 Å². The molecule has 0 radical (unpaired) electrons. The molecule has 0 aliphatic carbocycles. The van der Waals surface area contributed by atoms with E-state index in [1.54, 1.807) is 14.2 Å². The molecule has 2 saturated heterocycles. The third kappa shape index (κ3) is 3.98. The highest BCUT2D eigenvalue weighted by atomic mass is 16.5. The van der Waals surface area contributed by atoms with Gasteiger partial charge in [-0.3, -0.25) is 19.4 Å². The van der Waals surface area contributed by atoms with Crippen LogP contribution >= 0.6 is 0 Å². The minimum absolute atomic E-state index is 0.0280. The van der Waals surface area contributed by atoms with Crippen molar-refractivity contribution in [2.75, 3.05) is 27.4 Å². The van der Waals surface area contributed by atoms with E-state index < -0.39 is 17.8 Å². The van der Waals surface area contributed by atoms with E-state index in [2.05, 4.69) is 0 Å². The summed E-state index contributed by atoms with van der Waals surface area (Å²) in [7, 11) is 3.20. The summed E-state index contributed by atoms with van der Waals surface area (Å²) in [5.74, 6) is -0.186. The summed E-state index contributed by atoms with van der Waals surface area (Å²) < 4.78 is 10.8. The molecular weight excluding hydrogens is 398 g/mol. The van der Waals surface area contributed by atoms with Crippen LogP contribution in [0.25, 0.3) is 0 Å². The zero-order valence-electron chi connectivity index (χ0n) is 17.6. The zero-order valence-corrected chi connectivity index (χ0v) is 17.6. The molecule has 0 N–H and O–H groups in total. The largest absolute Gasteiger partial charge is 0.497 e. The van der Waals surface area contributed by atoms with Gasteiger partial charge in [0.05, 0.1) is 27.4 Å². The number of methoxy groups -OCH3 is 2. The van der Waals surface area contributed by atoms with E-state index in [-0.39, 0.29) is 19.3 Å². The van der Waals surface area contributed by atoms with E-state index in [4.69, 9.17) is 9.47 Å². The van der Waals surface area contributed by atoms with Crippen molar-refractivity contribution in [3.8, 4) is 11.5 Å². The van der Waals surface area contributed by atoms with Gasteiger partial charge in [0.25, 0.3) is 0 Å². The third-order valence-corrected chi connectivity index (χ3v) is 5.80. The van der Waals surface area contributed by atoms with Gasteiger partial charge >= 0.3 is 17.8 Å². The topological polar surface area (TPSA) is 79.4 Å². The number of hydrogen-bond donors (Lipinski definition) is 0. The average molecular weight is 423 g/mol. The standard InChI is InChI=1S/C23H25N3O5/c1-30-17-10-11-18(20(13-17)31-2)19-9-6-12-24(19)15-26-22(28)21(27)25(23(26)29)14-16-7-4-3-5-8-16/h3-5,7-8,10-11,13,19H,6,9,12,14-15H2,1-2H3/t19-/m0/s1. The van der Waals surface area contributed by atoms with Gasteiger partial charge in [-0.2, -0.15) is 0 Å². The predicted molar refractivity (Wildman–Crippen MR) is 112 cm³/mol. The highest BCUT2D eigenvalue weighted by molar-refractivity contribution is 6.44. The molecule has 1 atom stereocenters. The molecule has 2 aliphatic rings. The number of carbonyl (C=O) groups is 3. The van der Waals surface area contributed by atoms with E-state index in [0.29, 0.717) is 18.0 Å². The minimum atomic E-state index is -0.786. The number of ether oxygens (including phenoxy) is 2. The van der Waals surface area contributed by atoms with Crippen molar-refractivity contribution in [1.82, 2.24) is 14.7 Å². The van der Waals surface area contributed by atoms with Crippen LogP contribution in [0.4, 0.5) is 4.79 Å². The molecule has 0 aromatic heterocycles. The summed E-state index contributed by atoms with van der Waals surface area (Å²) in [5.41, 5.74) is 1.76. The van der Waals surface area contributed by atoms with Gasteiger partial charge in [-0.05, 0) is 24.5 Å². The molecule has 0 spiro atoms. The van der Waals surface area contributed by atoms with Crippen molar-refractivity contribution in [1.29, 1.82) is 0 Å². The first-order valence-electron chi connectivity index (χ1n) is 10.2. The summed E-state index contributed by atoms with van der Waals surface area (Å²) in [4.78, 5) is 42.1. The molecule has 162 valence electrons. The molecule has 2 aliphatic heterocycles. The number of nitrogens with zero attached hydrogens (tertiary/aromatic N) is 3. The Bertz CT molecular complexity index is 994. The maximum atomic E-state index is 12.9. The van der Waals surface area contributed by atoms with Crippen LogP contribution in [0.15, 0.2) is 48.5 Å². The second-order valence-electron chi connectivity index (χ2n) is 7.61. The predicted octanol–water partition coefficient (Wildman–Crippen LogP) is 2.79. The number of urea groups is 1. The Balaban J connectivity index is 1.52. The van der Waals surface area contributed by atoms with Crippen LogP contribution in [-0.4, -0.2) is 60.0 Å². The monoisotopic (exact) mass is 423 g/mol. The van der Waals surface area contributed by atoms with E-state index in [9.17, 15) is 14.4 Å². The lowest BCUT2D eigenvalue weighted by Crippen LogP contribution is -2.42. The SMILES string of the molecule is COc1ccc([C@@H]2CCCN2CN2C(=O)C(=O)N(Cc3ccccc3)C2=O)c(OC)c1. The first-order chi connectivity index (χ1) is 15.0. The van der Waals surface area contributed by atoms with Crippen molar-refractivity contribution in [2.45, 2.75) is 25.4 Å². The molecular formula is C23H25N3O5. The van der Waals surface area contributed by atoms with Crippen molar-refractivity contribution in [3.05, 3.63) is 59.7 Å². The van der Waals surface area contributed by atoms with Gasteiger partial charge < -0.3 is 9.47 Å². The van der Waals surface area contributed by atoms with Crippen molar-refractivity contribution in [2.24, 2.45) is 0 Å². The normalized spacial score (nSPS) is 19.4. The first-order valence-corrected chi connectivity index (χ1v) is 10.2. The van der Waals surface area contributed by atoms with Gasteiger partial charge in [0.2, 0.25) is 0 Å². The minimum Gasteiger partial charge on any atom is -0.497 e. The van der Waals surface area contributed by atoms with E-state index >= 15 is 0 Å². The fourth-order valence-electron chi connectivity index (χ4n) is 4.20. The van der Waals surface area contributed by atoms with Crippen LogP contribution in [0, 0.1) is 0 Å². The smallest absolute Gasteiger partial charge is 0.335 e. The molecule has 2 heterocycles. The molecule has 0 bridgehead atoms. The molecule has 2 aromatic carbocycles. The van der Waals surface area contributed by atoms with E-state index in [0.717, 1.165) is 33.8 Å². The summed E-state index contributed by atoms with van der Waals surface area (Å²) in [6, 6.07) is 14.2. The Hall–Kier alpha value is -3.39. The van der Waals surface area contributed by atoms with Crippen LogP contribution in [0.5, 0.6) is 11.5 Å². The van der Waals surface area contributed by atoms with Crippen LogP contribution in [0.3, 0.4) is 0 Å². The maximum Gasteiger partial charge on any atom is 0.335 e. The maximum absolute atomic E-state index is 12.9. The molecule has 0 saturated carbocycles. The Kier molecular flexibility index (Phi) is 5.90. The van der Waals surface area contributed by atoms with Gasteiger partial charge in [-0.25, -0.2) is 9.69 Å². The molecule has 2 aromatic rings. The molecule has 8 heteroatoms. The first kappa shape index (κ1) is 20.9. The Morgan fingerprint density at radius 1 is 0.935 bits per heavy atom. The van der Waals surface area contributed by atoms with Crippen LogP contribution < -0.4 is 9.47 Å². The highest BCUT2D eigenvalue weighted by Gasteiger charge is 2.46. The zero-order chi connectivity index (χ0) is 22.0. The molecule has 31 heavy (non-hydrogen) atoms. The van der Waals surface area contributed by atoms with Crippen molar-refractivity contribution >= 4 is 17.8 Å². The average Bonchev–Trinajstić information content (AvgIpc) is 3.34. The number of amides is 4. The molecule has 4 rings (SSSR count). The van der Waals surface area contributed by atoms with Gasteiger partial charge in [0.1, 0.15) is 11.5 Å². The van der Waals surface area contributed by atoms with Gasteiger partial charge in [0, 0.05) is 24.2 Å². The number of imide groups is 2. The molecule has 0 unspecified atom stereocenters. The second-order valence-corrected chi connectivity index (χ2v) is 7.61. The summed E-state index contributed by atoms with van der Waals surface area (Å²) >= 11 is 0. The lowest BCUT2D eigenvalue weighted by Gasteiger charge is -2.29. The van der Waals surface area contributed by atoms with Crippen molar-refractivity contribution < 1.29 is 23.9 Å². The fourth-order valence-corrected chi connectivity index (χ4v) is 4.20. The highest BCUT2D eigenvalue weighted by Crippen LogP contribution is 2.39. The molecule has 2 fully saturated rings. The quantitative estimate of drug-likeness (QED) is 0.503. The summed E-state index contributed by atoms with van der Waals surface area (Å²) in [6.07, 6.45) is 1.78. The van der Waals surface area contributed by atoms with Crippen LogP contribution in [-0.2, 0) is 16.1 Å². The number of likely N-dealkylation sites (tertiary alicyclic amines) is 1. The lowest BCUT2D eigenvalue weighted by molar-refractivity contribution is -0.144. The van der Waals surface area contributed by atoms with Crippen LogP contribution in [0.1, 0.15) is 30.0 Å². The van der Waals surface area contributed by atoms with Crippen molar-refractivity contribution in [3.63, 3.8) is 0 Å². The number of carbonyl (C=O) groups excluding carboxylic acids is 3. The fraction of sp³-hybridized carbons (Fsp3) is 0.348.